The number of carbonyl (C=O) groups is 1. The van der Waals surface area contributed by atoms with E-state index in [1.807, 2.05) is 6.92 Å². The van der Waals surface area contributed by atoms with Crippen molar-refractivity contribution >= 4 is 31.2 Å². The van der Waals surface area contributed by atoms with Gasteiger partial charge in [0.2, 0.25) is 6.29 Å². The van der Waals surface area contributed by atoms with Crippen LogP contribution in [0.15, 0.2) is 0 Å². The van der Waals surface area contributed by atoms with Gasteiger partial charge < -0.3 is 9.84 Å². The van der Waals surface area contributed by atoms with E-state index in [2.05, 4.69) is 30.0 Å². The molecule has 5 heteroatoms. The minimum absolute atomic E-state index is 0.444. The molecular weight excluding hydrogens is 184 g/mol. The molecule has 0 amide bonds. The molecule has 0 saturated carbocycles. The first-order valence-corrected chi connectivity index (χ1v) is 4.36. The molecule has 0 aromatic carbocycles. The van der Waals surface area contributed by atoms with Crippen LogP contribution in [0.5, 0.6) is 0 Å². The van der Waals surface area contributed by atoms with E-state index in [-0.39, 0.29) is 0 Å². The lowest BCUT2D eigenvalue weighted by Crippen LogP contribution is -2.21. The van der Waals surface area contributed by atoms with Crippen LogP contribution in [0.2, 0.25) is 0 Å². The van der Waals surface area contributed by atoms with E-state index in [1.165, 1.54) is 0 Å². The van der Waals surface area contributed by atoms with Gasteiger partial charge in [-0.25, -0.2) is 4.79 Å². The predicted molar refractivity (Wildman–Crippen MR) is 48.8 cm³/mol. The van der Waals surface area contributed by atoms with E-state index in [0.717, 1.165) is 6.42 Å². The molecule has 0 saturated heterocycles. The van der Waals surface area contributed by atoms with Gasteiger partial charge in [0.1, 0.15) is 4.58 Å². The summed E-state index contributed by atoms with van der Waals surface area (Å²) in [5.74, 6) is -0.613. The average Bonchev–Trinajstić information content (AvgIpc) is 1.87. The molecule has 0 heterocycles. The van der Waals surface area contributed by atoms with Crippen molar-refractivity contribution in [1.82, 2.24) is 0 Å². The fourth-order valence-electron chi connectivity index (χ4n) is 0.501. The SMILES string of the molecule is CCCC(O)OC(=O)C(S)S. The summed E-state index contributed by atoms with van der Waals surface area (Å²) in [6.07, 6.45) is 0.187. The first-order chi connectivity index (χ1) is 5.07. The Bertz CT molecular complexity index is 127. The van der Waals surface area contributed by atoms with Crippen LogP contribution in [0.3, 0.4) is 0 Å². The Kier molecular flexibility index (Phi) is 5.81. The highest BCUT2D eigenvalue weighted by molar-refractivity contribution is 8.00. The molecule has 66 valence electrons. The molecule has 11 heavy (non-hydrogen) atoms. The lowest BCUT2D eigenvalue weighted by Gasteiger charge is -2.11. The van der Waals surface area contributed by atoms with Crippen LogP contribution in [0.4, 0.5) is 0 Å². The zero-order valence-corrected chi connectivity index (χ0v) is 8.02. The predicted octanol–water partition coefficient (Wildman–Crippen LogP) is 0.834. The smallest absolute Gasteiger partial charge is 0.331 e. The molecule has 0 aliphatic heterocycles. The largest absolute Gasteiger partial charge is 0.435 e. The van der Waals surface area contributed by atoms with Crippen LogP contribution in [0.25, 0.3) is 0 Å². The quantitative estimate of drug-likeness (QED) is 0.354. The second-order valence-corrected chi connectivity index (χ2v) is 3.49. The second kappa shape index (κ2) is 5.74. The molecule has 0 aromatic rings. The Morgan fingerprint density at radius 2 is 2.18 bits per heavy atom. The summed E-state index contributed by atoms with van der Waals surface area (Å²) in [6, 6.07) is 0. The Labute approximate surface area is 76.9 Å². The summed E-state index contributed by atoms with van der Waals surface area (Å²) in [6.45, 7) is 1.88. The van der Waals surface area contributed by atoms with Crippen LogP contribution in [-0.4, -0.2) is 21.9 Å². The van der Waals surface area contributed by atoms with Crippen molar-refractivity contribution in [2.45, 2.75) is 30.6 Å². The number of aliphatic hydroxyl groups is 1. The summed E-state index contributed by atoms with van der Waals surface area (Å²) < 4.78 is 3.74. The van der Waals surface area contributed by atoms with E-state index in [9.17, 15) is 4.79 Å². The molecule has 0 radical (unpaired) electrons. The highest BCUT2D eigenvalue weighted by Crippen LogP contribution is 2.06. The van der Waals surface area contributed by atoms with Crippen LogP contribution in [-0.2, 0) is 9.53 Å². The van der Waals surface area contributed by atoms with Gasteiger partial charge in [0.15, 0.2) is 0 Å². The van der Waals surface area contributed by atoms with E-state index >= 15 is 0 Å². The van der Waals surface area contributed by atoms with E-state index in [1.54, 1.807) is 0 Å². The van der Waals surface area contributed by atoms with Crippen molar-refractivity contribution in [1.29, 1.82) is 0 Å². The van der Waals surface area contributed by atoms with Crippen LogP contribution >= 0.6 is 25.3 Å². The molecule has 0 bridgehead atoms. The van der Waals surface area contributed by atoms with Crippen molar-refractivity contribution in [3.8, 4) is 0 Å². The molecule has 0 aliphatic carbocycles. The van der Waals surface area contributed by atoms with Gasteiger partial charge >= 0.3 is 5.97 Å². The third kappa shape index (κ3) is 5.41. The molecule has 1 unspecified atom stereocenters. The van der Waals surface area contributed by atoms with Crippen LogP contribution in [0.1, 0.15) is 19.8 Å². The van der Waals surface area contributed by atoms with Crippen molar-refractivity contribution in [2.75, 3.05) is 0 Å². The van der Waals surface area contributed by atoms with E-state index in [4.69, 9.17) is 5.11 Å². The van der Waals surface area contributed by atoms with Gasteiger partial charge in [-0.15, -0.1) is 0 Å². The summed E-state index contributed by atoms with van der Waals surface area (Å²) in [4.78, 5) is 10.7. The maximum atomic E-state index is 10.7. The van der Waals surface area contributed by atoms with Gasteiger partial charge in [-0.05, 0) is 0 Å². The van der Waals surface area contributed by atoms with Crippen molar-refractivity contribution in [3.63, 3.8) is 0 Å². The number of ether oxygens (including phenoxy) is 1. The standard InChI is InChI=1S/C6H12O3S2/c1-2-3-4(7)9-5(8)6(10)11/h4,6-7,10-11H,2-3H2,1H3. The third-order valence-electron chi connectivity index (χ3n) is 0.999. The van der Waals surface area contributed by atoms with E-state index < -0.39 is 16.8 Å². The maximum Gasteiger partial charge on any atom is 0.331 e. The number of thiol groups is 2. The molecule has 1 atom stereocenters. The van der Waals surface area contributed by atoms with Gasteiger partial charge in [0, 0.05) is 6.42 Å². The van der Waals surface area contributed by atoms with E-state index in [0.29, 0.717) is 6.42 Å². The zero-order valence-electron chi connectivity index (χ0n) is 6.23. The first-order valence-electron chi connectivity index (χ1n) is 3.32. The lowest BCUT2D eigenvalue weighted by atomic mass is 10.3. The molecule has 0 spiro atoms. The van der Waals surface area contributed by atoms with Gasteiger partial charge in [0.05, 0.1) is 0 Å². The molecular formula is C6H12O3S2. The summed E-state index contributed by atoms with van der Waals surface area (Å²) >= 11 is 7.43. The summed E-state index contributed by atoms with van der Waals surface area (Å²) in [7, 11) is 0. The summed E-state index contributed by atoms with van der Waals surface area (Å²) in [5, 5.41) is 8.96. The number of hydrogen-bond donors (Lipinski definition) is 3. The van der Waals surface area contributed by atoms with Crippen LogP contribution in [0, 0.1) is 0 Å². The minimum Gasteiger partial charge on any atom is -0.435 e. The molecule has 0 aromatic heterocycles. The fraction of sp³-hybridized carbons (Fsp3) is 0.833. The van der Waals surface area contributed by atoms with Crippen LogP contribution < -0.4 is 0 Å². The molecule has 0 rings (SSSR count). The Morgan fingerprint density at radius 3 is 2.55 bits per heavy atom. The van der Waals surface area contributed by atoms with Crippen molar-refractivity contribution in [2.24, 2.45) is 0 Å². The number of esters is 1. The number of carbonyl (C=O) groups excluding carboxylic acids is 1. The minimum atomic E-state index is -1.02. The monoisotopic (exact) mass is 196 g/mol. The Balaban J connectivity index is 3.57. The van der Waals surface area contributed by atoms with Gasteiger partial charge in [-0.1, -0.05) is 13.3 Å². The molecule has 3 nitrogen and oxygen atoms in total. The molecule has 0 fully saturated rings. The summed E-state index contributed by atoms with van der Waals surface area (Å²) in [5.41, 5.74) is 0. The molecule has 1 N–H and O–H groups in total. The Hall–Kier alpha value is 0.130. The lowest BCUT2D eigenvalue weighted by molar-refractivity contribution is -0.166. The molecule has 0 aliphatic rings. The average molecular weight is 196 g/mol. The normalized spacial score (nSPS) is 13.2. The third-order valence-corrected chi connectivity index (χ3v) is 1.42. The zero-order chi connectivity index (χ0) is 8.85. The maximum absolute atomic E-state index is 10.7. The van der Waals surface area contributed by atoms with Crippen molar-refractivity contribution < 1.29 is 14.6 Å². The van der Waals surface area contributed by atoms with Gasteiger partial charge in [-0.3, -0.25) is 0 Å². The van der Waals surface area contributed by atoms with Crippen molar-refractivity contribution in [3.05, 3.63) is 0 Å². The highest BCUT2D eigenvalue weighted by atomic mass is 32.2. The first kappa shape index (κ1) is 11.1. The number of aliphatic hydroxyl groups excluding tert-OH is 1. The highest BCUT2D eigenvalue weighted by Gasteiger charge is 2.14. The van der Waals surface area contributed by atoms with Gasteiger partial charge in [0.25, 0.3) is 0 Å². The Morgan fingerprint density at radius 1 is 1.64 bits per heavy atom. The second-order valence-electron chi connectivity index (χ2n) is 2.05. The number of hydrogen-bond acceptors (Lipinski definition) is 5. The topological polar surface area (TPSA) is 46.5 Å². The number of rotatable bonds is 4. The van der Waals surface area contributed by atoms with Gasteiger partial charge in [-0.2, -0.15) is 25.3 Å². The fourth-order valence-corrected chi connectivity index (χ4v) is 0.623.